The lowest BCUT2D eigenvalue weighted by Gasteiger charge is -2.16. The molecule has 1 aliphatic carbocycles. The molecule has 0 aliphatic heterocycles. The molecular weight excluding hydrogens is 186 g/mol. The van der Waals surface area contributed by atoms with Crippen molar-refractivity contribution in [1.82, 2.24) is 0 Å². The molecule has 0 atom stereocenters. The number of phenolic OH excluding ortho intramolecular Hbond substituents is 1. The summed E-state index contributed by atoms with van der Waals surface area (Å²) >= 11 is 0. The molecule has 1 saturated carbocycles. The van der Waals surface area contributed by atoms with E-state index in [2.05, 4.69) is 6.07 Å². The summed E-state index contributed by atoms with van der Waals surface area (Å²) in [6.07, 6.45) is 2.98. The van der Waals surface area contributed by atoms with Crippen molar-refractivity contribution in [2.24, 2.45) is 5.73 Å². The molecule has 0 saturated heterocycles. The third-order valence-electron chi connectivity index (χ3n) is 3.56. The zero-order chi connectivity index (χ0) is 11.2. The number of nitrogens with two attached hydrogens (primary N) is 1. The first-order valence-corrected chi connectivity index (χ1v) is 5.50. The van der Waals surface area contributed by atoms with E-state index in [9.17, 15) is 5.11 Å². The van der Waals surface area contributed by atoms with E-state index in [0.717, 1.165) is 41.5 Å². The van der Waals surface area contributed by atoms with Gasteiger partial charge in [0.1, 0.15) is 5.75 Å². The van der Waals surface area contributed by atoms with Gasteiger partial charge in [-0.2, -0.15) is 0 Å². The smallest absolute Gasteiger partial charge is 0.122 e. The number of benzene rings is 1. The van der Waals surface area contributed by atoms with Gasteiger partial charge in [0.05, 0.1) is 0 Å². The Morgan fingerprint density at radius 1 is 1.27 bits per heavy atom. The molecule has 1 fully saturated rings. The SMILES string of the molecule is Cc1cc(C)c(CC2(N)CC2)c(O)c1C. The van der Waals surface area contributed by atoms with Crippen LogP contribution in [0.2, 0.25) is 0 Å². The summed E-state index contributed by atoms with van der Waals surface area (Å²) in [5.74, 6) is 0.448. The summed E-state index contributed by atoms with van der Waals surface area (Å²) < 4.78 is 0. The van der Waals surface area contributed by atoms with Crippen LogP contribution in [0.4, 0.5) is 0 Å². The summed E-state index contributed by atoms with van der Waals surface area (Å²) in [6.45, 7) is 6.04. The first-order chi connectivity index (χ1) is 6.93. The molecule has 0 bridgehead atoms. The van der Waals surface area contributed by atoms with E-state index in [1.165, 1.54) is 0 Å². The predicted molar refractivity (Wildman–Crippen MR) is 62.2 cm³/mol. The second kappa shape index (κ2) is 3.24. The number of phenols is 1. The van der Waals surface area contributed by atoms with Crippen LogP contribution in [-0.4, -0.2) is 10.6 Å². The number of rotatable bonds is 2. The molecule has 1 aromatic rings. The Bertz CT molecular complexity index is 405. The van der Waals surface area contributed by atoms with Gasteiger partial charge in [-0.3, -0.25) is 0 Å². The molecule has 0 aromatic heterocycles. The van der Waals surface area contributed by atoms with Crippen LogP contribution >= 0.6 is 0 Å². The maximum absolute atomic E-state index is 10.1. The van der Waals surface area contributed by atoms with Crippen LogP contribution in [0.3, 0.4) is 0 Å². The molecule has 3 N–H and O–H groups in total. The van der Waals surface area contributed by atoms with Crippen molar-refractivity contribution in [1.29, 1.82) is 0 Å². The molecule has 1 aromatic carbocycles. The number of hydrogen-bond acceptors (Lipinski definition) is 2. The van der Waals surface area contributed by atoms with E-state index in [-0.39, 0.29) is 5.54 Å². The Kier molecular flexibility index (Phi) is 2.27. The quantitative estimate of drug-likeness (QED) is 0.778. The molecular formula is C13H19NO. The summed E-state index contributed by atoms with van der Waals surface area (Å²) in [7, 11) is 0. The van der Waals surface area contributed by atoms with Gasteiger partial charge in [0.2, 0.25) is 0 Å². The van der Waals surface area contributed by atoms with Gasteiger partial charge < -0.3 is 10.8 Å². The van der Waals surface area contributed by atoms with Crippen molar-refractivity contribution in [3.63, 3.8) is 0 Å². The molecule has 2 heteroatoms. The number of aromatic hydroxyl groups is 1. The molecule has 15 heavy (non-hydrogen) atoms. The maximum atomic E-state index is 10.1. The highest BCUT2D eigenvalue weighted by atomic mass is 16.3. The fraction of sp³-hybridized carbons (Fsp3) is 0.538. The van der Waals surface area contributed by atoms with Crippen molar-refractivity contribution < 1.29 is 5.11 Å². The van der Waals surface area contributed by atoms with Crippen molar-refractivity contribution >= 4 is 0 Å². The van der Waals surface area contributed by atoms with Crippen molar-refractivity contribution in [2.75, 3.05) is 0 Å². The zero-order valence-electron chi connectivity index (χ0n) is 9.72. The summed E-state index contributed by atoms with van der Waals surface area (Å²) in [6, 6.07) is 2.14. The summed E-state index contributed by atoms with van der Waals surface area (Å²) in [5.41, 5.74) is 10.4. The van der Waals surface area contributed by atoms with Gasteiger partial charge in [-0.1, -0.05) is 6.07 Å². The van der Waals surface area contributed by atoms with E-state index < -0.39 is 0 Å². The number of aryl methyl sites for hydroxylation is 2. The Labute approximate surface area is 91.1 Å². The fourth-order valence-electron chi connectivity index (χ4n) is 2.03. The van der Waals surface area contributed by atoms with Crippen LogP contribution in [0.25, 0.3) is 0 Å². The van der Waals surface area contributed by atoms with Crippen LogP contribution in [-0.2, 0) is 6.42 Å². The van der Waals surface area contributed by atoms with Crippen molar-refractivity contribution in [3.05, 3.63) is 28.3 Å². The van der Waals surface area contributed by atoms with Gasteiger partial charge in [0.25, 0.3) is 0 Å². The normalized spacial score (nSPS) is 17.9. The first-order valence-electron chi connectivity index (χ1n) is 5.50. The van der Waals surface area contributed by atoms with Gasteiger partial charge in [0.15, 0.2) is 0 Å². The minimum absolute atomic E-state index is 0.0378. The molecule has 0 radical (unpaired) electrons. The molecule has 2 rings (SSSR count). The summed E-state index contributed by atoms with van der Waals surface area (Å²) in [4.78, 5) is 0. The third-order valence-corrected chi connectivity index (χ3v) is 3.56. The zero-order valence-corrected chi connectivity index (χ0v) is 9.72. The highest BCUT2D eigenvalue weighted by Crippen LogP contribution is 2.39. The lowest BCUT2D eigenvalue weighted by Crippen LogP contribution is -2.25. The molecule has 82 valence electrons. The van der Waals surface area contributed by atoms with Crippen LogP contribution < -0.4 is 5.73 Å². The number of hydrogen-bond donors (Lipinski definition) is 2. The highest BCUT2D eigenvalue weighted by Gasteiger charge is 2.39. The van der Waals surface area contributed by atoms with E-state index in [0.29, 0.717) is 5.75 Å². The van der Waals surface area contributed by atoms with E-state index in [4.69, 9.17) is 5.73 Å². The minimum Gasteiger partial charge on any atom is -0.507 e. The third kappa shape index (κ3) is 1.86. The van der Waals surface area contributed by atoms with Gasteiger partial charge in [-0.15, -0.1) is 0 Å². The molecule has 2 nitrogen and oxygen atoms in total. The second-order valence-electron chi connectivity index (χ2n) is 5.00. The average molecular weight is 205 g/mol. The topological polar surface area (TPSA) is 46.2 Å². The maximum Gasteiger partial charge on any atom is 0.122 e. The molecule has 0 amide bonds. The summed E-state index contributed by atoms with van der Waals surface area (Å²) in [5, 5.41) is 10.1. The molecule has 0 unspecified atom stereocenters. The largest absolute Gasteiger partial charge is 0.507 e. The highest BCUT2D eigenvalue weighted by molar-refractivity contribution is 5.49. The Balaban J connectivity index is 2.41. The van der Waals surface area contributed by atoms with Gasteiger partial charge >= 0.3 is 0 Å². The first kappa shape index (κ1) is 10.5. The van der Waals surface area contributed by atoms with Crippen LogP contribution in [0.15, 0.2) is 6.07 Å². The van der Waals surface area contributed by atoms with Crippen LogP contribution in [0.5, 0.6) is 5.75 Å². The van der Waals surface area contributed by atoms with E-state index in [1.54, 1.807) is 0 Å². The lowest BCUT2D eigenvalue weighted by molar-refractivity contribution is 0.458. The van der Waals surface area contributed by atoms with Gasteiger partial charge in [-0.25, -0.2) is 0 Å². The van der Waals surface area contributed by atoms with E-state index in [1.807, 2.05) is 20.8 Å². The van der Waals surface area contributed by atoms with Crippen molar-refractivity contribution in [2.45, 2.75) is 45.6 Å². The standard InChI is InChI=1S/C13H19NO/c1-8-6-9(2)11(12(15)10(8)3)7-13(14)4-5-13/h6,15H,4-5,7,14H2,1-3H3. The Morgan fingerprint density at radius 3 is 2.40 bits per heavy atom. The predicted octanol–water partition coefficient (Wildman–Crippen LogP) is 2.35. The second-order valence-corrected chi connectivity index (χ2v) is 5.00. The Morgan fingerprint density at radius 2 is 1.87 bits per heavy atom. The average Bonchev–Trinajstić information content (AvgIpc) is 2.89. The molecule has 0 heterocycles. The van der Waals surface area contributed by atoms with Gasteiger partial charge in [-0.05, 0) is 62.3 Å². The Hall–Kier alpha value is -1.02. The van der Waals surface area contributed by atoms with Crippen molar-refractivity contribution in [3.8, 4) is 5.75 Å². The minimum atomic E-state index is -0.0378. The monoisotopic (exact) mass is 205 g/mol. The molecule has 0 spiro atoms. The van der Waals surface area contributed by atoms with Crippen LogP contribution in [0.1, 0.15) is 35.1 Å². The van der Waals surface area contributed by atoms with Gasteiger partial charge in [0, 0.05) is 5.54 Å². The van der Waals surface area contributed by atoms with E-state index >= 15 is 0 Å². The lowest BCUT2D eigenvalue weighted by atomic mass is 9.94. The van der Waals surface area contributed by atoms with Crippen LogP contribution in [0, 0.1) is 20.8 Å². The molecule has 1 aliphatic rings. The fourth-order valence-corrected chi connectivity index (χ4v) is 2.03.